The number of nitrogens with zero attached hydrogens (tertiary/aromatic N) is 5. The van der Waals surface area contributed by atoms with Crippen molar-refractivity contribution in [3.05, 3.63) is 23.8 Å². The second-order valence-corrected chi connectivity index (χ2v) is 4.70. The summed E-state index contributed by atoms with van der Waals surface area (Å²) in [6, 6.07) is 0. The summed E-state index contributed by atoms with van der Waals surface area (Å²) >= 11 is 0. The predicted octanol–water partition coefficient (Wildman–Crippen LogP) is -0.249. The van der Waals surface area contributed by atoms with Crippen molar-refractivity contribution in [3.63, 3.8) is 0 Å². The van der Waals surface area contributed by atoms with Crippen LogP contribution in [0, 0.1) is 5.92 Å². The highest BCUT2D eigenvalue weighted by Gasteiger charge is 2.32. The van der Waals surface area contributed by atoms with E-state index in [-0.39, 0.29) is 18.4 Å². The van der Waals surface area contributed by atoms with Crippen molar-refractivity contribution in [1.82, 2.24) is 24.5 Å². The van der Waals surface area contributed by atoms with Gasteiger partial charge in [-0.3, -0.25) is 4.79 Å². The van der Waals surface area contributed by atoms with Crippen LogP contribution in [-0.4, -0.2) is 55.2 Å². The van der Waals surface area contributed by atoms with E-state index in [0.717, 1.165) is 5.69 Å². The van der Waals surface area contributed by atoms with Crippen LogP contribution >= 0.6 is 0 Å². The number of carbonyl (C=O) groups excluding carboxylic acids is 1. The van der Waals surface area contributed by atoms with Crippen molar-refractivity contribution in [2.45, 2.75) is 13.3 Å². The largest absolute Gasteiger partial charge is 0.396 e. The van der Waals surface area contributed by atoms with E-state index in [1.807, 2.05) is 6.92 Å². The summed E-state index contributed by atoms with van der Waals surface area (Å²) in [7, 11) is 0. The zero-order valence-electron chi connectivity index (χ0n) is 10.7. The molecule has 19 heavy (non-hydrogen) atoms. The molecule has 1 saturated heterocycles. The third-order valence-corrected chi connectivity index (χ3v) is 3.47. The predicted molar refractivity (Wildman–Crippen MR) is 66.6 cm³/mol. The molecule has 2 aromatic heterocycles. The first kappa shape index (κ1) is 12.0. The van der Waals surface area contributed by atoms with Gasteiger partial charge >= 0.3 is 0 Å². The Hall–Kier alpha value is -2.02. The first-order valence-corrected chi connectivity index (χ1v) is 6.32. The number of amides is 1. The van der Waals surface area contributed by atoms with Crippen LogP contribution in [0.15, 0.2) is 12.5 Å². The van der Waals surface area contributed by atoms with Gasteiger partial charge in [0.2, 0.25) is 0 Å². The summed E-state index contributed by atoms with van der Waals surface area (Å²) < 4.78 is 1.61. The van der Waals surface area contributed by atoms with Crippen molar-refractivity contribution in [2.75, 3.05) is 19.7 Å². The standard InChI is InChI=1S/C12H15N5O2/c1-2-10-9(3-13-12-14-7-15-17(10)12)11(19)16-4-8(5-16)6-18/h3,7-8,18H,2,4-6H2,1H3. The van der Waals surface area contributed by atoms with E-state index >= 15 is 0 Å². The minimum absolute atomic E-state index is 0.0496. The van der Waals surface area contributed by atoms with Gasteiger partial charge in [0.1, 0.15) is 6.33 Å². The van der Waals surface area contributed by atoms with Crippen LogP contribution < -0.4 is 0 Å². The molecule has 0 saturated carbocycles. The molecular weight excluding hydrogens is 246 g/mol. The Kier molecular flexibility index (Phi) is 2.90. The van der Waals surface area contributed by atoms with Gasteiger partial charge in [-0.1, -0.05) is 6.92 Å². The van der Waals surface area contributed by atoms with Gasteiger partial charge in [-0.05, 0) is 6.42 Å². The Morgan fingerprint density at radius 3 is 2.95 bits per heavy atom. The second-order valence-electron chi connectivity index (χ2n) is 4.70. The molecule has 0 unspecified atom stereocenters. The van der Waals surface area contributed by atoms with Crippen molar-refractivity contribution in [2.24, 2.45) is 5.92 Å². The number of rotatable bonds is 3. The van der Waals surface area contributed by atoms with Gasteiger partial charge in [0.25, 0.3) is 11.7 Å². The van der Waals surface area contributed by atoms with Crippen LogP contribution in [0.5, 0.6) is 0 Å². The highest BCUT2D eigenvalue weighted by Crippen LogP contribution is 2.20. The fourth-order valence-corrected chi connectivity index (χ4v) is 2.37. The molecule has 0 bridgehead atoms. The molecule has 3 heterocycles. The Balaban J connectivity index is 1.94. The van der Waals surface area contributed by atoms with Crippen LogP contribution in [-0.2, 0) is 6.42 Å². The molecule has 0 aromatic carbocycles. The number of aryl methyl sites for hydroxylation is 1. The van der Waals surface area contributed by atoms with Crippen LogP contribution in [0.25, 0.3) is 5.78 Å². The van der Waals surface area contributed by atoms with E-state index in [1.165, 1.54) is 6.33 Å². The monoisotopic (exact) mass is 261 g/mol. The molecule has 1 aliphatic heterocycles. The molecule has 0 radical (unpaired) electrons. The lowest BCUT2D eigenvalue weighted by Gasteiger charge is -2.38. The molecule has 0 spiro atoms. The molecular formula is C12H15N5O2. The van der Waals surface area contributed by atoms with Crippen LogP contribution in [0.3, 0.4) is 0 Å². The van der Waals surface area contributed by atoms with Gasteiger partial charge in [-0.2, -0.15) is 10.1 Å². The molecule has 0 aliphatic carbocycles. The van der Waals surface area contributed by atoms with Gasteiger partial charge in [0, 0.05) is 31.8 Å². The van der Waals surface area contributed by atoms with E-state index in [9.17, 15) is 4.79 Å². The minimum atomic E-state index is -0.0496. The summed E-state index contributed by atoms with van der Waals surface area (Å²) in [5.74, 6) is 0.661. The molecule has 1 fully saturated rings. The average Bonchev–Trinajstić information content (AvgIpc) is 2.84. The summed E-state index contributed by atoms with van der Waals surface area (Å²) in [5, 5.41) is 13.1. The highest BCUT2D eigenvalue weighted by molar-refractivity contribution is 5.95. The first-order valence-electron chi connectivity index (χ1n) is 6.32. The first-order chi connectivity index (χ1) is 9.24. The number of aromatic nitrogens is 4. The number of aliphatic hydroxyl groups is 1. The number of hydrogen-bond acceptors (Lipinski definition) is 5. The zero-order valence-corrected chi connectivity index (χ0v) is 10.7. The van der Waals surface area contributed by atoms with E-state index in [1.54, 1.807) is 15.6 Å². The van der Waals surface area contributed by atoms with E-state index in [2.05, 4.69) is 15.1 Å². The number of likely N-dealkylation sites (tertiary alicyclic amines) is 1. The van der Waals surface area contributed by atoms with Crippen LogP contribution in [0.1, 0.15) is 23.0 Å². The molecule has 7 heteroatoms. The van der Waals surface area contributed by atoms with Crippen molar-refractivity contribution in [1.29, 1.82) is 0 Å². The second kappa shape index (κ2) is 4.58. The quantitative estimate of drug-likeness (QED) is 0.823. The average molecular weight is 261 g/mol. The molecule has 7 nitrogen and oxygen atoms in total. The van der Waals surface area contributed by atoms with Gasteiger partial charge < -0.3 is 10.0 Å². The lowest BCUT2D eigenvalue weighted by Crippen LogP contribution is -2.51. The molecule has 1 N–H and O–H groups in total. The van der Waals surface area contributed by atoms with Gasteiger partial charge in [0.15, 0.2) is 0 Å². The number of fused-ring (bicyclic) bond motifs is 1. The van der Waals surface area contributed by atoms with Crippen molar-refractivity contribution >= 4 is 11.7 Å². The lowest BCUT2D eigenvalue weighted by molar-refractivity contribution is 0.0360. The summed E-state index contributed by atoms with van der Waals surface area (Å²) in [5.41, 5.74) is 1.39. The van der Waals surface area contributed by atoms with Gasteiger partial charge in [0.05, 0.1) is 11.3 Å². The molecule has 1 amide bonds. The zero-order chi connectivity index (χ0) is 13.4. The van der Waals surface area contributed by atoms with Crippen molar-refractivity contribution in [3.8, 4) is 0 Å². The number of hydrogen-bond donors (Lipinski definition) is 1. The molecule has 1 aliphatic rings. The fraction of sp³-hybridized carbons (Fsp3) is 0.500. The Bertz CT molecular complexity index is 618. The normalized spacial score (nSPS) is 15.8. The summed E-state index contributed by atoms with van der Waals surface area (Å²) in [6.45, 7) is 3.31. The topological polar surface area (TPSA) is 83.6 Å². The summed E-state index contributed by atoms with van der Waals surface area (Å²) in [6.07, 6.45) is 3.68. The molecule has 2 aromatic rings. The maximum atomic E-state index is 12.4. The minimum Gasteiger partial charge on any atom is -0.396 e. The smallest absolute Gasteiger partial charge is 0.257 e. The third kappa shape index (κ3) is 1.86. The molecule has 0 atom stereocenters. The van der Waals surface area contributed by atoms with Crippen LogP contribution in [0.2, 0.25) is 0 Å². The maximum Gasteiger partial charge on any atom is 0.257 e. The number of aliphatic hydroxyl groups excluding tert-OH is 1. The van der Waals surface area contributed by atoms with Gasteiger partial charge in [-0.15, -0.1) is 0 Å². The van der Waals surface area contributed by atoms with E-state index < -0.39 is 0 Å². The maximum absolute atomic E-state index is 12.4. The van der Waals surface area contributed by atoms with E-state index in [4.69, 9.17) is 5.11 Å². The Morgan fingerprint density at radius 1 is 1.47 bits per heavy atom. The van der Waals surface area contributed by atoms with E-state index in [0.29, 0.717) is 30.9 Å². The number of carbonyl (C=O) groups is 1. The SMILES string of the molecule is CCc1c(C(=O)N2CC(CO)C2)cnc2ncnn12. The third-order valence-electron chi connectivity index (χ3n) is 3.47. The van der Waals surface area contributed by atoms with Gasteiger partial charge in [-0.25, -0.2) is 9.50 Å². The lowest BCUT2D eigenvalue weighted by atomic mass is 9.99. The Morgan fingerprint density at radius 2 is 2.26 bits per heavy atom. The fourth-order valence-electron chi connectivity index (χ4n) is 2.37. The highest BCUT2D eigenvalue weighted by atomic mass is 16.3. The molecule has 3 rings (SSSR count). The van der Waals surface area contributed by atoms with Crippen molar-refractivity contribution < 1.29 is 9.90 Å². The Labute approximate surface area is 109 Å². The summed E-state index contributed by atoms with van der Waals surface area (Å²) in [4.78, 5) is 22.3. The molecule has 100 valence electrons. The van der Waals surface area contributed by atoms with Crippen LogP contribution in [0.4, 0.5) is 0 Å².